The molecular formula is C22H27N3O3. The van der Waals surface area contributed by atoms with Crippen LogP contribution in [0.3, 0.4) is 0 Å². The van der Waals surface area contributed by atoms with Crippen LogP contribution in [0.4, 0.5) is 0 Å². The Hall–Kier alpha value is -3.22. The van der Waals surface area contributed by atoms with Gasteiger partial charge in [0.1, 0.15) is 5.82 Å². The summed E-state index contributed by atoms with van der Waals surface area (Å²) in [7, 11) is 5.09. The first-order chi connectivity index (χ1) is 13.4. The summed E-state index contributed by atoms with van der Waals surface area (Å²) >= 11 is 0. The minimum absolute atomic E-state index is 0.0778. The Kier molecular flexibility index (Phi) is 9.36. The van der Waals surface area contributed by atoms with Crippen LogP contribution in [0.25, 0.3) is 0 Å². The summed E-state index contributed by atoms with van der Waals surface area (Å²) in [6.45, 7) is 7.98. The van der Waals surface area contributed by atoms with Crippen LogP contribution >= 0.6 is 0 Å². The molecule has 0 spiro atoms. The van der Waals surface area contributed by atoms with Gasteiger partial charge in [0.2, 0.25) is 6.41 Å². The molecule has 0 aromatic carbocycles. The third-order valence-electron chi connectivity index (χ3n) is 4.09. The zero-order chi connectivity index (χ0) is 21.1. The van der Waals surface area contributed by atoms with E-state index in [-0.39, 0.29) is 6.10 Å². The van der Waals surface area contributed by atoms with E-state index < -0.39 is 0 Å². The van der Waals surface area contributed by atoms with Gasteiger partial charge in [0, 0.05) is 37.4 Å². The molecular weight excluding hydrogens is 354 g/mol. The van der Waals surface area contributed by atoms with Crippen molar-refractivity contribution < 1.29 is 14.3 Å². The number of amides is 1. The predicted molar refractivity (Wildman–Crippen MR) is 112 cm³/mol. The zero-order valence-electron chi connectivity index (χ0n) is 17.1. The number of terminal acetylenes is 1. The van der Waals surface area contributed by atoms with Crippen LogP contribution in [-0.4, -0.2) is 50.9 Å². The van der Waals surface area contributed by atoms with Crippen molar-refractivity contribution in [3.8, 4) is 24.2 Å². The van der Waals surface area contributed by atoms with Gasteiger partial charge in [0.05, 0.1) is 31.2 Å². The van der Waals surface area contributed by atoms with E-state index >= 15 is 0 Å². The van der Waals surface area contributed by atoms with Crippen LogP contribution in [0.2, 0.25) is 0 Å². The van der Waals surface area contributed by atoms with E-state index in [0.717, 1.165) is 11.3 Å². The highest BCUT2D eigenvalue weighted by atomic mass is 16.5. The van der Waals surface area contributed by atoms with Gasteiger partial charge in [-0.3, -0.25) is 4.79 Å². The zero-order valence-corrected chi connectivity index (χ0v) is 17.1. The standard InChI is InChI=1S/C22H27N3O3/c1-8-11-25(5)18(4)17(3)22(23-15-26)24-16(2)9-10-19-12-20(27-6)14-21(13-19)28-7/h1,12-13,15,20H,4,11,14H2,2-3,5-7H3,(H,23,26)/b22-17+,24-16+. The summed E-state index contributed by atoms with van der Waals surface area (Å²) < 4.78 is 10.7. The fraction of sp³-hybridized carbons (Fsp3) is 0.364. The minimum atomic E-state index is -0.0778. The Balaban J connectivity index is 3.14. The number of hydrogen-bond donors (Lipinski definition) is 1. The molecule has 1 amide bonds. The smallest absolute Gasteiger partial charge is 0.212 e. The number of allylic oxidation sites excluding steroid dienone is 3. The van der Waals surface area contributed by atoms with E-state index in [9.17, 15) is 4.79 Å². The number of likely N-dealkylation sites (N-methyl/N-ethyl adjacent to an activating group) is 1. The third kappa shape index (κ3) is 6.83. The van der Waals surface area contributed by atoms with Crippen LogP contribution < -0.4 is 5.32 Å². The van der Waals surface area contributed by atoms with Gasteiger partial charge in [0.15, 0.2) is 0 Å². The summed E-state index contributed by atoms with van der Waals surface area (Å²) in [6, 6.07) is 0. The second-order valence-electron chi connectivity index (χ2n) is 6.10. The summed E-state index contributed by atoms with van der Waals surface area (Å²) in [6.07, 6.45) is 10.3. The molecule has 1 unspecified atom stereocenters. The molecule has 6 heteroatoms. The van der Waals surface area contributed by atoms with Gasteiger partial charge in [-0.1, -0.05) is 18.4 Å². The molecule has 6 nitrogen and oxygen atoms in total. The molecule has 0 radical (unpaired) electrons. The van der Waals surface area contributed by atoms with E-state index in [1.165, 1.54) is 0 Å². The molecule has 1 aliphatic rings. The lowest BCUT2D eigenvalue weighted by Gasteiger charge is -2.20. The molecule has 28 heavy (non-hydrogen) atoms. The molecule has 1 aliphatic carbocycles. The predicted octanol–water partition coefficient (Wildman–Crippen LogP) is 2.38. The van der Waals surface area contributed by atoms with E-state index in [1.54, 1.807) is 26.0 Å². The van der Waals surface area contributed by atoms with Gasteiger partial charge in [-0.05, 0) is 31.9 Å². The van der Waals surface area contributed by atoms with E-state index in [1.807, 2.05) is 26.1 Å². The molecule has 0 heterocycles. The maximum atomic E-state index is 11.0. The summed E-state index contributed by atoms with van der Waals surface area (Å²) in [5.74, 6) is 9.77. The van der Waals surface area contributed by atoms with Crippen LogP contribution in [0.5, 0.6) is 0 Å². The van der Waals surface area contributed by atoms with Crippen molar-refractivity contribution in [3.05, 3.63) is 47.2 Å². The molecule has 0 saturated heterocycles. The van der Waals surface area contributed by atoms with Crippen molar-refractivity contribution in [2.75, 3.05) is 27.8 Å². The van der Waals surface area contributed by atoms with Gasteiger partial charge in [-0.2, -0.15) is 0 Å². The first-order valence-corrected chi connectivity index (χ1v) is 8.67. The molecule has 0 saturated carbocycles. The second kappa shape index (κ2) is 11.5. The molecule has 0 aliphatic heterocycles. The Labute approximate surface area is 167 Å². The average Bonchev–Trinajstić information content (AvgIpc) is 2.70. The highest BCUT2D eigenvalue weighted by Crippen LogP contribution is 2.20. The molecule has 1 rings (SSSR count). The average molecular weight is 381 g/mol. The summed E-state index contributed by atoms with van der Waals surface area (Å²) in [5.41, 5.74) is 2.68. The monoisotopic (exact) mass is 381 g/mol. The number of aliphatic imine (C=N–C) groups is 1. The third-order valence-corrected chi connectivity index (χ3v) is 4.09. The molecule has 1 atom stereocenters. The van der Waals surface area contributed by atoms with E-state index in [4.69, 9.17) is 15.9 Å². The van der Waals surface area contributed by atoms with Crippen LogP contribution in [0.15, 0.2) is 52.1 Å². The lowest BCUT2D eigenvalue weighted by molar-refractivity contribution is -0.108. The highest BCUT2D eigenvalue weighted by Gasteiger charge is 2.14. The van der Waals surface area contributed by atoms with E-state index in [2.05, 4.69) is 34.6 Å². The minimum Gasteiger partial charge on any atom is -0.501 e. The maximum Gasteiger partial charge on any atom is 0.212 e. The lowest BCUT2D eigenvalue weighted by Crippen LogP contribution is -2.21. The van der Waals surface area contributed by atoms with Gasteiger partial charge >= 0.3 is 0 Å². The van der Waals surface area contributed by atoms with E-state index in [0.29, 0.717) is 42.2 Å². The van der Waals surface area contributed by atoms with Crippen LogP contribution in [-0.2, 0) is 14.3 Å². The molecule has 0 aromatic heterocycles. The second-order valence-corrected chi connectivity index (χ2v) is 6.10. The molecule has 0 bridgehead atoms. The number of carbonyl (C=O) groups excluding carboxylic acids is 1. The number of nitrogens with one attached hydrogen (secondary N) is 1. The van der Waals surface area contributed by atoms with Crippen molar-refractivity contribution in [2.45, 2.75) is 26.4 Å². The molecule has 148 valence electrons. The highest BCUT2D eigenvalue weighted by molar-refractivity contribution is 5.99. The number of nitrogens with zero attached hydrogens (tertiary/aromatic N) is 2. The number of carbonyl (C=O) groups is 1. The maximum absolute atomic E-state index is 11.0. The van der Waals surface area contributed by atoms with Crippen LogP contribution in [0.1, 0.15) is 20.3 Å². The summed E-state index contributed by atoms with van der Waals surface area (Å²) in [4.78, 5) is 17.2. The number of rotatable bonds is 8. The van der Waals surface area contributed by atoms with Crippen molar-refractivity contribution in [1.29, 1.82) is 0 Å². The van der Waals surface area contributed by atoms with Gasteiger partial charge in [-0.25, -0.2) is 4.99 Å². The molecule has 1 N–H and O–H groups in total. The van der Waals surface area contributed by atoms with Crippen molar-refractivity contribution in [1.82, 2.24) is 10.2 Å². The van der Waals surface area contributed by atoms with Gasteiger partial charge in [0.25, 0.3) is 0 Å². The number of ether oxygens (including phenoxy) is 2. The van der Waals surface area contributed by atoms with Crippen molar-refractivity contribution >= 4 is 12.1 Å². The first-order valence-electron chi connectivity index (χ1n) is 8.67. The van der Waals surface area contributed by atoms with Crippen molar-refractivity contribution in [2.24, 2.45) is 4.99 Å². The van der Waals surface area contributed by atoms with Gasteiger partial charge < -0.3 is 19.7 Å². The Bertz CT molecular complexity index is 829. The lowest BCUT2D eigenvalue weighted by atomic mass is 10.0. The number of methoxy groups -OCH3 is 2. The topological polar surface area (TPSA) is 63.2 Å². The fourth-order valence-electron chi connectivity index (χ4n) is 2.40. The normalized spacial score (nSPS) is 17.0. The SMILES string of the molecule is C#CCN(C)C(=C)/C(C)=C(/N=C(\C)C#CC1=CC(OC)CC(OC)=C1)NC=O. The first kappa shape index (κ1) is 22.8. The van der Waals surface area contributed by atoms with Gasteiger partial charge in [-0.15, -0.1) is 6.42 Å². The Morgan fingerprint density at radius 1 is 1.50 bits per heavy atom. The summed E-state index contributed by atoms with van der Waals surface area (Å²) in [5, 5.41) is 2.60. The van der Waals surface area contributed by atoms with Crippen LogP contribution in [0, 0.1) is 24.2 Å². The quantitative estimate of drug-likeness (QED) is 0.303. The number of hydrogen-bond acceptors (Lipinski definition) is 5. The molecule has 0 aromatic rings. The van der Waals surface area contributed by atoms with Crippen molar-refractivity contribution in [3.63, 3.8) is 0 Å². The Morgan fingerprint density at radius 2 is 2.21 bits per heavy atom. The molecule has 0 fully saturated rings. The largest absolute Gasteiger partial charge is 0.501 e. The Morgan fingerprint density at radius 3 is 2.79 bits per heavy atom. The fourth-order valence-corrected chi connectivity index (χ4v) is 2.40.